The molecule has 0 unspecified atom stereocenters. The second-order valence-electron chi connectivity index (χ2n) is 8.94. The number of thiazole rings is 1. The Labute approximate surface area is 216 Å². The van der Waals surface area contributed by atoms with E-state index in [4.69, 9.17) is 4.98 Å². The number of anilines is 2. The maximum Gasteiger partial charge on any atom is 0.256 e. The van der Waals surface area contributed by atoms with Crippen molar-refractivity contribution in [2.45, 2.75) is 32.7 Å². The number of para-hydroxylation sites is 1. The highest BCUT2D eigenvalue weighted by atomic mass is 32.1. The average molecular weight is 517 g/mol. The Morgan fingerprint density at radius 1 is 1.03 bits per heavy atom. The van der Waals surface area contributed by atoms with E-state index in [1.165, 1.54) is 15.3 Å². The van der Waals surface area contributed by atoms with Crippen molar-refractivity contribution in [3.05, 3.63) is 64.5 Å². The van der Waals surface area contributed by atoms with E-state index in [2.05, 4.69) is 23.2 Å². The van der Waals surface area contributed by atoms with Gasteiger partial charge in [0.2, 0.25) is 11.8 Å². The van der Waals surface area contributed by atoms with Crippen molar-refractivity contribution >= 4 is 61.3 Å². The number of fused-ring (bicyclic) bond motifs is 2. The zero-order valence-electron chi connectivity index (χ0n) is 19.7. The van der Waals surface area contributed by atoms with Gasteiger partial charge < -0.3 is 5.32 Å². The molecule has 1 N–H and O–H groups in total. The summed E-state index contributed by atoms with van der Waals surface area (Å²) in [5, 5.41) is 4.84. The zero-order chi connectivity index (χ0) is 24.8. The summed E-state index contributed by atoms with van der Waals surface area (Å²) in [5.74, 6) is -0.742. The van der Waals surface area contributed by atoms with Gasteiger partial charge in [-0.3, -0.25) is 24.2 Å². The molecule has 1 fully saturated rings. The third-order valence-electron chi connectivity index (χ3n) is 6.74. The second-order valence-corrected chi connectivity index (χ2v) is 11.1. The van der Waals surface area contributed by atoms with Crippen LogP contribution in [0.1, 0.15) is 40.6 Å². The fourth-order valence-corrected chi connectivity index (χ4v) is 7.24. The first-order valence-electron chi connectivity index (χ1n) is 12.0. The Hall–Kier alpha value is -3.40. The van der Waals surface area contributed by atoms with Crippen LogP contribution in [0, 0.1) is 0 Å². The van der Waals surface area contributed by atoms with Crippen molar-refractivity contribution < 1.29 is 14.4 Å². The van der Waals surface area contributed by atoms with Gasteiger partial charge in [0, 0.05) is 41.9 Å². The molecular weight excluding hydrogens is 492 g/mol. The van der Waals surface area contributed by atoms with Crippen LogP contribution in [0.3, 0.4) is 0 Å². The Morgan fingerprint density at radius 2 is 1.83 bits per heavy atom. The molecule has 2 aliphatic heterocycles. The second kappa shape index (κ2) is 9.24. The van der Waals surface area contributed by atoms with E-state index in [1.807, 2.05) is 18.2 Å². The van der Waals surface area contributed by atoms with Crippen LogP contribution in [0.25, 0.3) is 20.8 Å². The van der Waals surface area contributed by atoms with Crippen molar-refractivity contribution in [3.63, 3.8) is 0 Å². The number of benzene rings is 2. The normalized spacial score (nSPS) is 16.1. The van der Waals surface area contributed by atoms with E-state index in [0.717, 1.165) is 51.8 Å². The highest BCUT2D eigenvalue weighted by Gasteiger charge is 2.31. The number of hydrogen-bond acceptors (Lipinski definition) is 7. The summed E-state index contributed by atoms with van der Waals surface area (Å²) >= 11 is 3.25. The molecule has 2 aliphatic rings. The van der Waals surface area contributed by atoms with Crippen LogP contribution in [0.5, 0.6) is 0 Å². The number of nitrogens with zero attached hydrogens (tertiary/aromatic N) is 3. The summed E-state index contributed by atoms with van der Waals surface area (Å²) < 4.78 is 1.11. The molecule has 0 aliphatic carbocycles. The van der Waals surface area contributed by atoms with E-state index >= 15 is 0 Å². The molecule has 182 valence electrons. The van der Waals surface area contributed by atoms with Crippen LogP contribution in [-0.2, 0) is 22.6 Å². The topological polar surface area (TPSA) is 82.6 Å². The minimum absolute atomic E-state index is 0.205. The molecule has 36 heavy (non-hydrogen) atoms. The Kier molecular flexibility index (Phi) is 5.91. The lowest BCUT2D eigenvalue weighted by atomic mass is 10.0. The number of hydrogen-bond donors (Lipinski definition) is 1. The predicted molar refractivity (Wildman–Crippen MR) is 144 cm³/mol. The van der Waals surface area contributed by atoms with Gasteiger partial charge in [0.25, 0.3) is 5.91 Å². The van der Waals surface area contributed by atoms with Crippen molar-refractivity contribution in [3.8, 4) is 10.6 Å². The predicted octanol–water partition coefficient (Wildman–Crippen LogP) is 5.31. The average Bonchev–Trinajstić information content (AvgIpc) is 3.57. The molecule has 0 bridgehead atoms. The lowest BCUT2D eigenvalue weighted by molar-refractivity contribution is -0.121. The standard InChI is InChI=1S/C27H24N4O3S2/c1-2-30-13-12-18-21(15-30)36-27(24(18)26-28-19-8-3-4-9-20(19)35-26)29-25(34)16-6-5-7-17(14-16)31-22(32)10-11-23(31)33/h3-9,14H,2,10-13,15H2,1H3,(H,29,34). The number of likely N-dealkylation sites (N-methyl/N-ethyl adjacent to an activating group) is 1. The minimum atomic E-state index is -0.274. The maximum absolute atomic E-state index is 13.4. The van der Waals surface area contributed by atoms with Gasteiger partial charge in [0.05, 0.1) is 15.9 Å². The van der Waals surface area contributed by atoms with Gasteiger partial charge >= 0.3 is 0 Å². The molecule has 1 saturated heterocycles. The number of thiophene rings is 1. The SMILES string of the molecule is CCN1CCc2c(sc(NC(=O)c3cccc(N4C(=O)CCC4=O)c3)c2-c2nc3ccccc3s2)C1. The first-order chi connectivity index (χ1) is 17.5. The number of imide groups is 1. The van der Waals surface area contributed by atoms with E-state index < -0.39 is 0 Å². The fraction of sp³-hybridized carbons (Fsp3) is 0.259. The first-order valence-corrected chi connectivity index (χ1v) is 13.6. The quantitative estimate of drug-likeness (QED) is 0.364. The number of aromatic nitrogens is 1. The Bertz CT molecular complexity index is 1470. The minimum Gasteiger partial charge on any atom is -0.313 e. The lowest BCUT2D eigenvalue weighted by Gasteiger charge is -2.25. The summed E-state index contributed by atoms with van der Waals surface area (Å²) in [6.45, 7) is 4.99. The van der Waals surface area contributed by atoms with Crippen molar-refractivity contribution in [1.82, 2.24) is 9.88 Å². The van der Waals surface area contributed by atoms with Gasteiger partial charge in [-0.2, -0.15) is 0 Å². The molecule has 2 aromatic heterocycles. The van der Waals surface area contributed by atoms with Crippen LogP contribution < -0.4 is 10.2 Å². The van der Waals surface area contributed by atoms with Gasteiger partial charge in [-0.05, 0) is 48.9 Å². The number of amides is 3. The van der Waals surface area contributed by atoms with Crippen LogP contribution in [0.2, 0.25) is 0 Å². The summed E-state index contributed by atoms with van der Waals surface area (Å²) in [7, 11) is 0. The smallest absolute Gasteiger partial charge is 0.256 e. The number of carbonyl (C=O) groups excluding carboxylic acids is 3. The molecule has 4 heterocycles. The number of nitrogens with one attached hydrogen (secondary N) is 1. The fourth-order valence-electron chi connectivity index (χ4n) is 4.85. The third-order valence-corrected chi connectivity index (χ3v) is 8.92. The molecule has 0 spiro atoms. The summed E-state index contributed by atoms with van der Waals surface area (Å²) in [6, 6.07) is 14.8. The molecule has 0 radical (unpaired) electrons. The molecule has 2 aromatic carbocycles. The largest absolute Gasteiger partial charge is 0.313 e. The van der Waals surface area contributed by atoms with E-state index in [-0.39, 0.29) is 30.6 Å². The monoisotopic (exact) mass is 516 g/mol. The lowest BCUT2D eigenvalue weighted by Crippen LogP contribution is -2.29. The van der Waals surface area contributed by atoms with Crippen LogP contribution >= 0.6 is 22.7 Å². The summed E-state index contributed by atoms with van der Waals surface area (Å²) in [5.41, 5.74) is 4.07. The first kappa shape index (κ1) is 23.0. The third kappa shape index (κ3) is 4.03. The van der Waals surface area contributed by atoms with Gasteiger partial charge in [-0.25, -0.2) is 4.98 Å². The van der Waals surface area contributed by atoms with Gasteiger partial charge in [-0.15, -0.1) is 22.7 Å². The van der Waals surface area contributed by atoms with Crippen LogP contribution in [-0.4, -0.2) is 40.7 Å². The summed E-state index contributed by atoms with van der Waals surface area (Å²) in [4.78, 5) is 47.5. The molecule has 0 saturated carbocycles. The molecule has 3 amide bonds. The van der Waals surface area contributed by atoms with Gasteiger partial charge in [0.1, 0.15) is 10.0 Å². The highest BCUT2D eigenvalue weighted by Crippen LogP contribution is 2.45. The highest BCUT2D eigenvalue weighted by molar-refractivity contribution is 7.23. The number of carbonyl (C=O) groups is 3. The van der Waals surface area contributed by atoms with Crippen LogP contribution in [0.4, 0.5) is 10.7 Å². The van der Waals surface area contributed by atoms with E-state index in [1.54, 1.807) is 46.9 Å². The molecular formula is C27H24N4O3S2. The van der Waals surface area contributed by atoms with Crippen molar-refractivity contribution in [2.24, 2.45) is 0 Å². The van der Waals surface area contributed by atoms with Gasteiger partial charge in [-0.1, -0.05) is 25.1 Å². The van der Waals surface area contributed by atoms with Gasteiger partial charge in [0.15, 0.2) is 0 Å². The molecule has 9 heteroatoms. The van der Waals surface area contributed by atoms with E-state index in [9.17, 15) is 14.4 Å². The van der Waals surface area contributed by atoms with Crippen molar-refractivity contribution in [1.29, 1.82) is 0 Å². The van der Waals surface area contributed by atoms with Crippen LogP contribution in [0.15, 0.2) is 48.5 Å². The molecule has 6 rings (SSSR count). The Morgan fingerprint density at radius 3 is 2.61 bits per heavy atom. The maximum atomic E-state index is 13.4. The molecule has 4 aromatic rings. The zero-order valence-corrected chi connectivity index (χ0v) is 21.4. The number of rotatable bonds is 5. The molecule has 7 nitrogen and oxygen atoms in total. The van der Waals surface area contributed by atoms with E-state index in [0.29, 0.717) is 11.3 Å². The molecule has 0 atom stereocenters. The Balaban J connectivity index is 1.37. The van der Waals surface area contributed by atoms with Crippen molar-refractivity contribution in [2.75, 3.05) is 23.3 Å². The summed E-state index contributed by atoms with van der Waals surface area (Å²) in [6.07, 6.45) is 1.32.